The summed E-state index contributed by atoms with van der Waals surface area (Å²) in [6, 6.07) is 4.40. The normalized spacial score (nSPS) is 21.9. The molecule has 0 radical (unpaired) electrons. The van der Waals surface area contributed by atoms with E-state index in [2.05, 4.69) is 23.9 Å². The average molecular weight is 285 g/mol. The largest absolute Gasteiger partial charge is 0.493 e. The van der Waals surface area contributed by atoms with E-state index in [9.17, 15) is 5.11 Å². The molecule has 4 heteroatoms. The van der Waals surface area contributed by atoms with Gasteiger partial charge in [-0.3, -0.25) is 4.98 Å². The van der Waals surface area contributed by atoms with Crippen molar-refractivity contribution < 1.29 is 5.11 Å². The smallest absolute Gasteiger partial charge is 0.213 e. The van der Waals surface area contributed by atoms with E-state index in [1.165, 1.54) is 6.42 Å². The van der Waals surface area contributed by atoms with Crippen LogP contribution in [0.1, 0.15) is 50.4 Å². The lowest BCUT2D eigenvalue weighted by Gasteiger charge is -2.11. The standard InChI is InChI=1S/C17H23N3O/c1-4-14-7-6-13(10-18-14)16-12(3)17(21)20(19-16)15-8-5-11(2)9-15/h6-7,10-11,15,21H,4-5,8-9H2,1-3H3/t11-,15-/m0/s1. The van der Waals surface area contributed by atoms with E-state index in [1.54, 1.807) is 0 Å². The maximum Gasteiger partial charge on any atom is 0.213 e. The van der Waals surface area contributed by atoms with E-state index < -0.39 is 0 Å². The third-order valence-electron chi connectivity index (χ3n) is 4.59. The first-order valence-corrected chi connectivity index (χ1v) is 7.83. The maximum atomic E-state index is 10.4. The minimum absolute atomic E-state index is 0.309. The summed E-state index contributed by atoms with van der Waals surface area (Å²) < 4.78 is 1.82. The number of pyridine rings is 1. The molecule has 0 aromatic carbocycles. The van der Waals surface area contributed by atoms with Crippen molar-refractivity contribution in [2.75, 3.05) is 0 Å². The molecule has 2 aromatic rings. The molecule has 21 heavy (non-hydrogen) atoms. The Labute approximate surface area is 125 Å². The Balaban J connectivity index is 1.95. The molecule has 1 aliphatic rings. The highest BCUT2D eigenvalue weighted by Gasteiger charge is 2.27. The minimum Gasteiger partial charge on any atom is -0.493 e. The Bertz CT molecular complexity index is 630. The predicted molar refractivity (Wildman–Crippen MR) is 83.3 cm³/mol. The Hall–Kier alpha value is -1.84. The molecule has 2 heterocycles. The van der Waals surface area contributed by atoms with Gasteiger partial charge in [-0.15, -0.1) is 0 Å². The summed E-state index contributed by atoms with van der Waals surface area (Å²) in [6.07, 6.45) is 6.20. The lowest BCUT2D eigenvalue weighted by atomic mass is 10.1. The molecule has 2 atom stereocenters. The summed E-state index contributed by atoms with van der Waals surface area (Å²) >= 11 is 0. The zero-order valence-corrected chi connectivity index (χ0v) is 13.0. The van der Waals surface area contributed by atoms with Gasteiger partial charge in [-0.2, -0.15) is 5.10 Å². The van der Waals surface area contributed by atoms with Crippen LogP contribution >= 0.6 is 0 Å². The van der Waals surface area contributed by atoms with Crippen LogP contribution in [0.3, 0.4) is 0 Å². The van der Waals surface area contributed by atoms with Crippen LogP contribution in [-0.4, -0.2) is 19.9 Å². The molecule has 0 unspecified atom stereocenters. The molecule has 2 aromatic heterocycles. The van der Waals surface area contributed by atoms with E-state index in [4.69, 9.17) is 0 Å². The fourth-order valence-electron chi connectivity index (χ4n) is 3.21. The summed E-state index contributed by atoms with van der Waals surface area (Å²) in [5.41, 5.74) is 3.75. The molecule has 1 fully saturated rings. The number of aromatic nitrogens is 3. The van der Waals surface area contributed by atoms with Crippen molar-refractivity contribution in [3.05, 3.63) is 29.6 Å². The molecule has 0 amide bonds. The first-order valence-electron chi connectivity index (χ1n) is 7.83. The Morgan fingerprint density at radius 1 is 1.33 bits per heavy atom. The van der Waals surface area contributed by atoms with Crippen LogP contribution in [0.25, 0.3) is 11.3 Å². The molecule has 1 saturated carbocycles. The number of nitrogens with zero attached hydrogens (tertiary/aromatic N) is 3. The first kappa shape index (κ1) is 14.1. The van der Waals surface area contributed by atoms with Crippen LogP contribution in [0.2, 0.25) is 0 Å². The van der Waals surface area contributed by atoms with Crippen LogP contribution in [0.5, 0.6) is 5.88 Å². The fourth-order valence-corrected chi connectivity index (χ4v) is 3.21. The second-order valence-electron chi connectivity index (χ2n) is 6.21. The van der Waals surface area contributed by atoms with Gasteiger partial charge < -0.3 is 5.11 Å². The second kappa shape index (κ2) is 5.51. The van der Waals surface area contributed by atoms with Crippen LogP contribution in [0.4, 0.5) is 0 Å². The molecule has 112 valence electrons. The van der Waals surface area contributed by atoms with Gasteiger partial charge in [0.1, 0.15) is 5.69 Å². The molecule has 0 bridgehead atoms. The molecule has 1 aliphatic carbocycles. The maximum absolute atomic E-state index is 10.4. The SMILES string of the molecule is CCc1ccc(-c2nn([C@H]3CC[C@H](C)C3)c(O)c2C)cn1. The van der Waals surface area contributed by atoms with Gasteiger partial charge >= 0.3 is 0 Å². The van der Waals surface area contributed by atoms with Crippen molar-refractivity contribution in [2.24, 2.45) is 5.92 Å². The van der Waals surface area contributed by atoms with Crippen LogP contribution in [0.15, 0.2) is 18.3 Å². The van der Waals surface area contributed by atoms with Crippen LogP contribution in [-0.2, 0) is 6.42 Å². The average Bonchev–Trinajstić information content (AvgIpc) is 3.05. The van der Waals surface area contributed by atoms with Gasteiger partial charge in [0.25, 0.3) is 0 Å². The highest BCUT2D eigenvalue weighted by atomic mass is 16.3. The highest BCUT2D eigenvalue weighted by molar-refractivity contribution is 5.64. The van der Waals surface area contributed by atoms with Gasteiger partial charge in [0.2, 0.25) is 5.88 Å². The van der Waals surface area contributed by atoms with Gasteiger partial charge in [0, 0.05) is 23.0 Å². The van der Waals surface area contributed by atoms with E-state index in [1.807, 2.05) is 29.9 Å². The third-order valence-corrected chi connectivity index (χ3v) is 4.59. The Kier molecular flexibility index (Phi) is 3.70. The van der Waals surface area contributed by atoms with Crippen molar-refractivity contribution >= 4 is 0 Å². The molecule has 1 N–H and O–H groups in total. The molecule has 0 saturated heterocycles. The van der Waals surface area contributed by atoms with Crippen LogP contribution in [0, 0.1) is 12.8 Å². The molecule has 4 nitrogen and oxygen atoms in total. The summed E-state index contributed by atoms with van der Waals surface area (Å²) in [5, 5.41) is 15.1. The van der Waals surface area contributed by atoms with Crippen molar-refractivity contribution in [2.45, 2.75) is 52.5 Å². The monoisotopic (exact) mass is 285 g/mol. The summed E-state index contributed by atoms with van der Waals surface area (Å²) in [7, 11) is 0. The lowest BCUT2D eigenvalue weighted by molar-refractivity contribution is 0.350. The van der Waals surface area contributed by atoms with Gasteiger partial charge in [0.15, 0.2) is 0 Å². The van der Waals surface area contributed by atoms with Gasteiger partial charge in [-0.1, -0.05) is 13.8 Å². The fraction of sp³-hybridized carbons (Fsp3) is 0.529. The summed E-state index contributed by atoms with van der Waals surface area (Å²) in [4.78, 5) is 4.43. The summed E-state index contributed by atoms with van der Waals surface area (Å²) in [5.74, 6) is 1.02. The highest BCUT2D eigenvalue weighted by Crippen LogP contribution is 2.39. The third kappa shape index (κ3) is 2.55. The zero-order valence-electron chi connectivity index (χ0n) is 13.0. The van der Waals surface area contributed by atoms with E-state index in [0.717, 1.165) is 41.8 Å². The summed E-state index contributed by atoms with van der Waals surface area (Å²) in [6.45, 7) is 6.29. The van der Waals surface area contributed by atoms with Gasteiger partial charge in [0.05, 0.1) is 6.04 Å². The molecule has 0 spiro atoms. The van der Waals surface area contributed by atoms with Crippen LogP contribution < -0.4 is 0 Å². The molecule has 3 rings (SSSR count). The van der Waals surface area contributed by atoms with Gasteiger partial charge in [-0.05, 0) is 50.7 Å². The van der Waals surface area contributed by atoms with Crippen molar-refractivity contribution in [3.63, 3.8) is 0 Å². The van der Waals surface area contributed by atoms with Crippen molar-refractivity contribution in [1.29, 1.82) is 0 Å². The van der Waals surface area contributed by atoms with Crippen molar-refractivity contribution in [1.82, 2.24) is 14.8 Å². The number of aryl methyl sites for hydroxylation is 1. The first-order chi connectivity index (χ1) is 10.1. The molecule has 0 aliphatic heterocycles. The quantitative estimate of drug-likeness (QED) is 0.931. The number of hydrogen-bond acceptors (Lipinski definition) is 3. The predicted octanol–water partition coefficient (Wildman–Crippen LogP) is 3.88. The van der Waals surface area contributed by atoms with Crippen molar-refractivity contribution in [3.8, 4) is 17.1 Å². The van der Waals surface area contributed by atoms with E-state index in [0.29, 0.717) is 17.8 Å². The van der Waals surface area contributed by atoms with E-state index in [-0.39, 0.29) is 0 Å². The Morgan fingerprint density at radius 2 is 2.14 bits per heavy atom. The molecular formula is C17H23N3O. The Morgan fingerprint density at radius 3 is 2.71 bits per heavy atom. The van der Waals surface area contributed by atoms with E-state index >= 15 is 0 Å². The number of aromatic hydroxyl groups is 1. The zero-order chi connectivity index (χ0) is 15.0. The second-order valence-corrected chi connectivity index (χ2v) is 6.21. The number of rotatable bonds is 3. The lowest BCUT2D eigenvalue weighted by Crippen LogP contribution is -2.06. The molecular weight excluding hydrogens is 262 g/mol. The topological polar surface area (TPSA) is 50.9 Å². The van der Waals surface area contributed by atoms with Gasteiger partial charge in [-0.25, -0.2) is 4.68 Å². The number of hydrogen-bond donors (Lipinski definition) is 1. The minimum atomic E-state index is 0.309.